The second kappa shape index (κ2) is 7.82. The van der Waals surface area contributed by atoms with E-state index in [2.05, 4.69) is 10.5 Å². The average molecular weight is 189 g/mol. The summed E-state index contributed by atoms with van der Waals surface area (Å²) in [5, 5.41) is 23.1. The zero-order valence-electron chi connectivity index (χ0n) is 8.03. The Morgan fingerprint density at radius 2 is 2.31 bits per heavy atom. The van der Waals surface area contributed by atoms with Gasteiger partial charge in [0.2, 0.25) is 0 Å². The Morgan fingerprint density at radius 3 is 2.77 bits per heavy atom. The number of nitrogens with two attached hydrogens (primary N) is 1. The van der Waals surface area contributed by atoms with Crippen LogP contribution in [0.4, 0.5) is 0 Å². The minimum Gasteiger partial charge on any atom is -0.409 e. The predicted molar refractivity (Wildman–Crippen MR) is 51.8 cm³/mol. The average Bonchev–Trinajstić information content (AvgIpc) is 2.18. The van der Waals surface area contributed by atoms with Crippen LogP contribution in [0.15, 0.2) is 5.16 Å². The first-order chi connectivity index (χ1) is 6.24. The smallest absolute Gasteiger partial charge is 0.139 e. The van der Waals surface area contributed by atoms with Crippen LogP contribution in [0.1, 0.15) is 26.2 Å². The molecule has 0 spiro atoms. The third kappa shape index (κ3) is 6.36. The van der Waals surface area contributed by atoms with Gasteiger partial charge in [-0.05, 0) is 19.4 Å². The van der Waals surface area contributed by atoms with Crippen LogP contribution in [0.2, 0.25) is 0 Å². The van der Waals surface area contributed by atoms with Gasteiger partial charge in [-0.25, -0.2) is 0 Å². The normalized spacial score (nSPS) is 14.5. The molecule has 0 aromatic carbocycles. The minimum atomic E-state index is 0.153. The van der Waals surface area contributed by atoms with E-state index >= 15 is 0 Å². The van der Waals surface area contributed by atoms with Crippen LogP contribution in [0.25, 0.3) is 0 Å². The van der Waals surface area contributed by atoms with Crippen LogP contribution in [-0.4, -0.2) is 35.3 Å². The zero-order chi connectivity index (χ0) is 10.1. The topological polar surface area (TPSA) is 90.9 Å². The molecule has 0 aliphatic rings. The number of nitrogens with one attached hydrogen (secondary N) is 1. The SMILES string of the molecule is CCC(CO)NCCCC(N)=NO. The molecule has 0 bridgehead atoms. The van der Waals surface area contributed by atoms with Crippen LogP contribution >= 0.6 is 0 Å². The fourth-order valence-corrected chi connectivity index (χ4v) is 0.964. The Labute approximate surface area is 78.6 Å². The summed E-state index contributed by atoms with van der Waals surface area (Å²) in [4.78, 5) is 0. The minimum absolute atomic E-state index is 0.153. The van der Waals surface area contributed by atoms with Crippen LogP contribution in [0, 0.1) is 0 Å². The number of rotatable bonds is 7. The molecule has 5 nitrogen and oxygen atoms in total. The molecule has 5 N–H and O–H groups in total. The molecule has 0 aliphatic carbocycles. The van der Waals surface area contributed by atoms with E-state index < -0.39 is 0 Å². The number of aliphatic hydroxyl groups excluding tert-OH is 1. The molecular formula is C8H19N3O2. The fourth-order valence-electron chi connectivity index (χ4n) is 0.964. The molecule has 0 aromatic heterocycles. The molecule has 13 heavy (non-hydrogen) atoms. The van der Waals surface area contributed by atoms with Gasteiger partial charge in [0.25, 0.3) is 0 Å². The Hall–Kier alpha value is -0.810. The van der Waals surface area contributed by atoms with Gasteiger partial charge in [-0.15, -0.1) is 0 Å². The molecule has 0 radical (unpaired) electrons. The van der Waals surface area contributed by atoms with Gasteiger partial charge in [0, 0.05) is 12.5 Å². The molecule has 1 unspecified atom stereocenters. The van der Waals surface area contributed by atoms with Crippen molar-refractivity contribution in [3.8, 4) is 0 Å². The van der Waals surface area contributed by atoms with Crippen molar-refractivity contribution < 1.29 is 10.3 Å². The van der Waals surface area contributed by atoms with Gasteiger partial charge in [0.05, 0.1) is 6.61 Å². The molecule has 78 valence electrons. The number of oxime groups is 1. The first-order valence-electron chi connectivity index (χ1n) is 4.55. The van der Waals surface area contributed by atoms with E-state index in [9.17, 15) is 0 Å². The molecule has 0 aromatic rings. The van der Waals surface area contributed by atoms with Crippen molar-refractivity contribution in [2.75, 3.05) is 13.2 Å². The maximum Gasteiger partial charge on any atom is 0.139 e. The number of hydrogen-bond acceptors (Lipinski definition) is 4. The highest BCUT2D eigenvalue weighted by molar-refractivity contribution is 5.79. The molecule has 0 aliphatic heterocycles. The van der Waals surface area contributed by atoms with E-state index in [1.54, 1.807) is 0 Å². The van der Waals surface area contributed by atoms with Crippen LogP contribution in [-0.2, 0) is 0 Å². The molecular weight excluding hydrogens is 170 g/mol. The summed E-state index contributed by atoms with van der Waals surface area (Å²) in [7, 11) is 0. The van der Waals surface area contributed by atoms with Crippen molar-refractivity contribution in [1.82, 2.24) is 5.32 Å². The van der Waals surface area contributed by atoms with Crippen molar-refractivity contribution in [3.63, 3.8) is 0 Å². The highest BCUT2D eigenvalue weighted by atomic mass is 16.4. The van der Waals surface area contributed by atoms with Gasteiger partial charge < -0.3 is 21.4 Å². The van der Waals surface area contributed by atoms with E-state index in [0.717, 1.165) is 19.4 Å². The first-order valence-corrected chi connectivity index (χ1v) is 4.55. The largest absolute Gasteiger partial charge is 0.409 e. The van der Waals surface area contributed by atoms with Gasteiger partial charge in [-0.3, -0.25) is 0 Å². The lowest BCUT2D eigenvalue weighted by atomic mass is 10.2. The van der Waals surface area contributed by atoms with Crippen LogP contribution in [0.3, 0.4) is 0 Å². The van der Waals surface area contributed by atoms with E-state index in [1.807, 2.05) is 6.92 Å². The van der Waals surface area contributed by atoms with E-state index in [-0.39, 0.29) is 18.5 Å². The summed E-state index contributed by atoms with van der Waals surface area (Å²) in [6, 6.07) is 0.160. The van der Waals surface area contributed by atoms with E-state index in [4.69, 9.17) is 16.0 Å². The highest BCUT2D eigenvalue weighted by Gasteiger charge is 2.02. The summed E-state index contributed by atoms with van der Waals surface area (Å²) in [5.74, 6) is 0.249. The van der Waals surface area contributed by atoms with E-state index in [1.165, 1.54) is 0 Å². The second-order valence-corrected chi connectivity index (χ2v) is 2.94. The number of nitrogens with zero attached hydrogens (tertiary/aromatic N) is 1. The molecule has 0 heterocycles. The summed E-state index contributed by atoms with van der Waals surface area (Å²) in [6.45, 7) is 2.94. The van der Waals surface area contributed by atoms with Crippen molar-refractivity contribution in [3.05, 3.63) is 0 Å². The standard InChI is InChI=1S/C8H19N3O2/c1-2-7(6-12)10-5-3-4-8(9)11-13/h7,10,12-13H,2-6H2,1H3,(H2,9,11). The Morgan fingerprint density at radius 1 is 1.62 bits per heavy atom. The predicted octanol–water partition coefficient (Wildman–Crippen LogP) is -0.126. The fraction of sp³-hybridized carbons (Fsp3) is 0.875. The third-order valence-corrected chi connectivity index (χ3v) is 1.88. The molecule has 5 heteroatoms. The lowest BCUT2D eigenvalue weighted by Gasteiger charge is -2.13. The van der Waals surface area contributed by atoms with Gasteiger partial charge in [-0.2, -0.15) is 0 Å². The maximum atomic E-state index is 8.83. The van der Waals surface area contributed by atoms with Crippen LogP contribution < -0.4 is 11.1 Å². The van der Waals surface area contributed by atoms with Crippen molar-refractivity contribution >= 4 is 5.84 Å². The molecule has 0 rings (SSSR count). The first kappa shape index (κ1) is 12.2. The Balaban J connectivity index is 3.34. The molecule has 0 fully saturated rings. The molecule has 1 atom stereocenters. The van der Waals surface area contributed by atoms with Gasteiger partial charge in [0.15, 0.2) is 0 Å². The lowest BCUT2D eigenvalue weighted by Crippen LogP contribution is -2.32. The summed E-state index contributed by atoms with van der Waals surface area (Å²) in [5.41, 5.74) is 5.28. The van der Waals surface area contributed by atoms with Gasteiger partial charge in [-0.1, -0.05) is 12.1 Å². The van der Waals surface area contributed by atoms with Crippen molar-refractivity contribution in [2.45, 2.75) is 32.2 Å². The summed E-state index contributed by atoms with van der Waals surface area (Å²) >= 11 is 0. The van der Waals surface area contributed by atoms with Gasteiger partial charge in [0.1, 0.15) is 5.84 Å². The van der Waals surface area contributed by atoms with Crippen molar-refractivity contribution in [2.24, 2.45) is 10.9 Å². The molecule has 0 saturated carbocycles. The third-order valence-electron chi connectivity index (χ3n) is 1.88. The second-order valence-electron chi connectivity index (χ2n) is 2.94. The maximum absolute atomic E-state index is 8.83. The van der Waals surface area contributed by atoms with Gasteiger partial charge >= 0.3 is 0 Å². The van der Waals surface area contributed by atoms with E-state index in [0.29, 0.717) is 6.42 Å². The quantitative estimate of drug-likeness (QED) is 0.148. The number of hydrogen-bond donors (Lipinski definition) is 4. The zero-order valence-corrected chi connectivity index (χ0v) is 8.03. The lowest BCUT2D eigenvalue weighted by molar-refractivity contribution is 0.239. The summed E-state index contributed by atoms with van der Waals surface area (Å²) < 4.78 is 0. The number of amidine groups is 1. The van der Waals surface area contributed by atoms with Crippen molar-refractivity contribution in [1.29, 1.82) is 0 Å². The monoisotopic (exact) mass is 189 g/mol. The Bertz CT molecular complexity index is 146. The number of aliphatic hydroxyl groups is 1. The van der Waals surface area contributed by atoms with Crippen LogP contribution in [0.5, 0.6) is 0 Å². The molecule has 0 amide bonds. The Kier molecular flexibility index (Phi) is 7.33. The highest BCUT2D eigenvalue weighted by Crippen LogP contribution is 1.91. The summed E-state index contributed by atoms with van der Waals surface area (Å²) in [6.07, 6.45) is 2.29. The molecule has 0 saturated heterocycles.